The summed E-state index contributed by atoms with van der Waals surface area (Å²) in [5.74, 6) is 0.577. The van der Waals surface area contributed by atoms with E-state index < -0.39 is 4.92 Å². The predicted molar refractivity (Wildman–Crippen MR) is 115 cm³/mol. The Labute approximate surface area is 171 Å². The van der Waals surface area contributed by atoms with E-state index in [4.69, 9.17) is 10.5 Å². The van der Waals surface area contributed by atoms with Crippen LogP contribution in [0.25, 0.3) is 21.9 Å². The monoisotopic (exact) mass is 402 g/mol. The quantitative estimate of drug-likeness (QED) is 0.298. The first-order chi connectivity index (χ1) is 14.5. The van der Waals surface area contributed by atoms with Crippen LogP contribution in [0.3, 0.4) is 0 Å². The molecule has 30 heavy (non-hydrogen) atoms. The molecule has 1 heterocycles. The minimum Gasteiger partial charge on any atom is -0.496 e. The Morgan fingerprint density at radius 1 is 1.10 bits per heavy atom. The largest absolute Gasteiger partial charge is 0.496 e. The van der Waals surface area contributed by atoms with E-state index in [0.717, 1.165) is 10.9 Å². The smallest absolute Gasteiger partial charge is 0.292 e. The Balaban J connectivity index is 1.83. The first kappa shape index (κ1) is 19.1. The summed E-state index contributed by atoms with van der Waals surface area (Å²) in [5, 5.41) is 19.4. The van der Waals surface area contributed by atoms with Gasteiger partial charge in [0.05, 0.1) is 23.1 Å². The lowest BCUT2D eigenvalue weighted by Gasteiger charge is -2.14. The summed E-state index contributed by atoms with van der Waals surface area (Å²) in [5.41, 5.74) is 8.27. The molecule has 0 bridgehead atoms. The van der Waals surface area contributed by atoms with Crippen molar-refractivity contribution < 1.29 is 9.66 Å². The number of hydrogen-bond donors (Lipinski definition) is 2. The van der Waals surface area contributed by atoms with Gasteiger partial charge in [0.15, 0.2) is 0 Å². The van der Waals surface area contributed by atoms with Crippen molar-refractivity contribution in [3.8, 4) is 16.9 Å². The Kier molecular flexibility index (Phi) is 4.89. The molecule has 0 fully saturated rings. The van der Waals surface area contributed by atoms with E-state index in [2.05, 4.69) is 10.2 Å². The molecule has 8 nitrogen and oxygen atoms in total. The van der Waals surface area contributed by atoms with Gasteiger partial charge >= 0.3 is 0 Å². The number of hydrogen-bond acceptors (Lipinski definition) is 6. The first-order valence-corrected chi connectivity index (χ1v) is 9.16. The van der Waals surface area contributed by atoms with Gasteiger partial charge in [-0.3, -0.25) is 14.9 Å². The van der Waals surface area contributed by atoms with Crippen molar-refractivity contribution >= 4 is 22.1 Å². The van der Waals surface area contributed by atoms with Gasteiger partial charge in [-0.1, -0.05) is 42.5 Å². The molecule has 4 aromatic rings. The number of nitro benzene ring substituents is 1. The van der Waals surface area contributed by atoms with Gasteiger partial charge in [0.25, 0.3) is 11.2 Å². The highest BCUT2D eigenvalue weighted by atomic mass is 16.6. The van der Waals surface area contributed by atoms with E-state index in [1.807, 2.05) is 30.3 Å². The van der Waals surface area contributed by atoms with E-state index >= 15 is 0 Å². The number of ether oxygens (including phenoxy) is 1. The molecule has 0 aliphatic carbocycles. The summed E-state index contributed by atoms with van der Waals surface area (Å²) < 4.78 is 5.67. The number of rotatable bonds is 5. The van der Waals surface area contributed by atoms with Crippen molar-refractivity contribution in [3.05, 3.63) is 92.4 Å². The fraction of sp³-hybridized carbons (Fsp3) is 0.0909. The summed E-state index contributed by atoms with van der Waals surface area (Å²) in [4.78, 5) is 22.8. The standard InChI is InChI=1S/C22H18N4O4/c1-30-21-14(11-19-16-6-2-3-7-17(16)22(27)25-24-19)5-4-8-15(21)13-9-10-18(23)20(12-13)26(28)29/h2-10,12H,11,23H2,1H3,(H,25,27). The third-order valence-electron chi connectivity index (χ3n) is 4.97. The maximum atomic E-state index is 12.1. The maximum absolute atomic E-state index is 12.1. The molecule has 0 aliphatic rings. The van der Waals surface area contributed by atoms with E-state index in [0.29, 0.717) is 34.4 Å². The second-order valence-corrected chi connectivity index (χ2v) is 6.75. The molecule has 8 heteroatoms. The average Bonchev–Trinajstić information content (AvgIpc) is 2.76. The average molecular weight is 402 g/mol. The van der Waals surface area contributed by atoms with Crippen molar-refractivity contribution in [1.29, 1.82) is 0 Å². The Morgan fingerprint density at radius 3 is 2.60 bits per heavy atom. The van der Waals surface area contributed by atoms with Gasteiger partial charge in [-0.15, -0.1) is 0 Å². The highest BCUT2D eigenvalue weighted by Gasteiger charge is 2.18. The van der Waals surface area contributed by atoms with E-state index in [1.54, 1.807) is 25.3 Å². The molecular weight excluding hydrogens is 384 g/mol. The molecule has 0 radical (unpaired) electrons. The van der Waals surface area contributed by atoms with Gasteiger partial charge in [-0.25, -0.2) is 5.10 Å². The number of anilines is 1. The molecule has 0 spiro atoms. The van der Waals surface area contributed by atoms with Crippen LogP contribution in [0.15, 0.2) is 65.5 Å². The van der Waals surface area contributed by atoms with E-state index in [-0.39, 0.29) is 16.9 Å². The number of nitrogens with one attached hydrogen (secondary N) is 1. The van der Waals surface area contributed by atoms with Crippen LogP contribution in [0, 0.1) is 10.1 Å². The molecular formula is C22H18N4O4. The zero-order valence-electron chi connectivity index (χ0n) is 16.1. The second-order valence-electron chi connectivity index (χ2n) is 6.75. The number of nitrogens with zero attached hydrogens (tertiary/aromatic N) is 2. The Bertz CT molecular complexity index is 1330. The zero-order chi connectivity index (χ0) is 21.3. The summed E-state index contributed by atoms with van der Waals surface area (Å²) in [6, 6.07) is 17.5. The second kappa shape index (κ2) is 7.67. The molecule has 0 unspecified atom stereocenters. The van der Waals surface area contributed by atoms with E-state index in [9.17, 15) is 14.9 Å². The van der Waals surface area contributed by atoms with E-state index in [1.165, 1.54) is 12.1 Å². The number of methoxy groups -OCH3 is 1. The van der Waals surface area contributed by atoms with Gasteiger partial charge < -0.3 is 10.5 Å². The fourth-order valence-corrected chi connectivity index (χ4v) is 3.55. The molecule has 4 rings (SSSR count). The van der Waals surface area contributed by atoms with Crippen molar-refractivity contribution in [1.82, 2.24) is 10.2 Å². The number of nitrogen functional groups attached to an aromatic ring is 1. The highest BCUT2D eigenvalue weighted by molar-refractivity contribution is 5.84. The predicted octanol–water partition coefficient (Wildman–Crippen LogP) is 3.68. The van der Waals surface area contributed by atoms with Crippen molar-refractivity contribution in [3.63, 3.8) is 0 Å². The van der Waals surface area contributed by atoms with Crippen LogP contribution in [0.5, 0.6) is 5.75 Å². The fourth-order valence-electron chi connectivity index (χ4n) is 3.55. The van der Waals surface area contributed by atoms with Crippen LogP contribution in [0.1, 0.15) is 11.3 Å². The molecule has 0 saturated carbocycles. The number of aromatic nitrogens is 2. The topological polar surface area (TPSA) is 124 Å². The lowest BCUT2D eigenvalue weighted by Crippen LogP contribution is -2.11. The minimum atomic E-state index is -0.508. The number of fused-ring (bicyclic) bond motifs is 1. The third kappa shape index (κ3) is 3.35. The molecule has 3 aromatic carbocycles. The highest BCUT2D eigenvalue weighted by Crippen LogP contribution is 2.37. The molecule has 0 atom stereocenters. The van der Waals surface area contributed by atoms with Gasteiger partial charge in [-0.2, -0.15) is 5.10 Å². The molecule has 3 N–H and O–H groups in total. The Morgan fingerprint density at radius 2 is 1.87 bits per heavy atom. The normalized spacial score (nSPS) is 10.8. The van der Waals surface area contributed by atoms with Crippen LogP contribution in [-0.2, 0) is 6.42 Å². The molecule has 0 amide bonds. The number of nitrogens with two attached hydrogens (primary N) is 1. The molecule has 0 saturated heterocycles. The van der Waals surface area contributed by atoms with Crippen LogP contribution < -0.4 is 16.0 Å². The third-order valence-corrected chi connectivity index (χ3v) is 4.97. The van der Waals surface area contributed by atoms with Crippen molar-refractivity contribution in [2.24, 2.45) is 0 Å². The van der Waals surface area contributed by atoms with Gasteiger partial charge in [0.1, 0.15) is 11.4 Å². The number of para-hydroxylation sites is 1. The summed E-state index contributed by atoms with van der Waals surface area (Å²) in [7, 11) is 1.55. The maximum Gasteiger partial charge on any atom is 0.292 e. The lowest BCUT2D eigenvalue weighted by atomic mass is 9.97. The van der Waals surface area contributed by atoms with Gasteiger partial charge in [0, 0.05) is 29.0 Å². The number of nitro groups is 1. The van der Waals surface area contributed by atoms with Crippen LogP contribution >= 0.6 is 0 Å². The number of aromatic amines is 1. The lowest BCUT2D eigenvalue weighted by molar-refractivity contribution is -0.383. The van der Waals surface area contributed by atoms with Crippen LogP contribution in [-0.4, -0.2) is 22.2 Å². The summed E-state index contributed by atoms with van der Waals surface area (Å²) >= 11 is 0. The summed E-state index contributed by atoms with van der Waals surface area (Å²) in [6.07, 6.45) is 0.408. The SMILES string of the molecule is COc1c(Cc2n[nH]c(=O)c3ccccc23)cccc1-c1ccc(N)c([N+](=O)[O-])c1. The zero-order valence-corrected chi connectivity index (χ0v) is 16.1. The Hall–Kier alpha value is -4.20. The first-order valence-electron chi connectivity index (χ1n) is 9.16. The minimum absolute atomic E-state index is 0.0998. The number of H-pyrrole nitrogens is 1. The van der Waals surface area contributed by atoms with Crippen molar-refractivity contribution in [2.75, 3.05) is 12.8 Å². The van der Waals surface area contributed by atoms with Crippen LogP contribution in [0.4, 0.5) is 11.4 Å². The molecule has 0 aliphatic heterocycles. The van der Waals surface area contributed by atoms with Gasteiger partial charge in [-0.05, 0) is 17.7 Å². The van der Waals surface area contributed by atoms with Crippen LogP contribution in [0.2, 0.25) is 0 Å². The number of benzene rings is 3. The molecule has 1 aromatic heterocycles. The summed E-state index contributed by atoms with van der Waals surface area (Å²) in [6.45, 7) is 0. The van der Waals surface area contributed by atoms with Gasteiger partial charge in [0.2, 0.25) is 0 Å². The molecule has 150 valence electrons. The van der Waals surface area contributed by atoms with Crippen molar-refractivity contribution in [2.45, 2.75) is 6.42 Å².